The van der Waals surface area contributed by atoms with Gasteiger partial charge in [0.15, 0.2) is 0 Å². The fraction of sp³-hybridized carbons (Fsp3) is 0.316. The number of nitrogens with zero attached hydrogens (tertiary/aromatic N) is 1. The van der Waals surface area contributed by atoms with E-state index in [2.05, 4.69) is 5.32 Å². The van der Waals surface area contributed by atoms with Crippen LogP contribution in [0.4, 0.5) is 5.69 Å². The number of benzene rings is 2. The van der Waals surface area contributed by atoms with Crippen LogP contribution in [0.3, 0.4) is 0 Å². The molecular formula is C19H23ClN2O3S. The van der Waals surface area contributed by atoms with Crippen molar-refractivity contribution in [2.45, 2.75) is 33.4 Å². The van der Waals surface area contributed by atoms with E-state index in [4.69, 9.17) is 11.6 Å². The van der Waals surface area contributed by atoms with Gasteiger partial charge in [-0.1, -0.05) is 47.5 Å². The third-order valence-electron chi connectivity index (χ3n) is 4.09. The highest BCUT2D eigenvalue weighted by molar-refractivity contribution is 7.92. The highest BCUT2D eigenvalue weighted by Crippen LogP contribution is 2.26. The largest absolute Gasteiger partial charge is 0.350 e. The minimum atomic E-state index is -3.67. The highest BCUT2D eigenvalue weighted by atomic mass is 35.5. The van der Waals surface area contributed by atoms with E-state index in [9.17, 15) is 13.2 Å². The second kappa shape index (κ2) is 8.10. The van der Waals surface area contributed by atoms with Crippen LogP contribution in [0.1, 0.15) is 23.6 Å². The summed E-state index contributed by atoms with van der Waals surface area (Å²) in [7, 11) is -3.67. The van der Waals surface area contributed by atoms with Crippen molar-refractivity contribution in [2.75, 3.05) is 10.6 Å². The average molecular weight is 395 g/mol. The molecule has 2 rings (SSSR count). The molecule has 1 amide bonds. The van der Waals surface area contributed by atoms with Gasteiger partial charge in [0.25, 0.3) is 0 Å². The van der Waals surface area contributed by atoms with Crippen molar-refractivity contribution < 1.29 is 13.2 Å². The lowest BCUT2D eigenvalue weighted by Crippen LogP contribution is -2.47. The molecule has 0 heterocycles. The number of nitrogens with one attached hydrogen (secondary N) is 1. The first-order valence-corrected chi connectivity index (χ1v) is 10.4. The Morgan fingerprint density at radius 2 is 1.77 bits per heavy atom. The molecule has 26 heavy (non-hydrogen) atoms. The van der Waals surface area contributed by atoms with Gasteiger partial charge in [-0.2, -0.15) is 0 Å². The summed E-state index contributed by atoms with van der Waals surface area (Å²) in [5, 5.41) is 3.24. The maximum absolute atomic E-state index is 12.5. The standard InChI is InChI=1S/C19H23ClN2O3S/c1-13-5-8-16(9-6-13)12-21-19(23)15(3)22(26(4,24)25)17-10-7-14(2)18(20)11-17/h5-11,15H,12H2,1-4H3,(H,21,23)/t15-/m1/s1. The number of hydrogen-bond donors (Lipinski definition) is 1. The van der Waals surface area contributed by atoms with Crippen molar-refractivity contribution >= 4 is 33.2 Å². The van der Waals surface area contributed by atoms with Crippen molar-refractivity contribution in [3.63, 3.8) is 0 Å². The number of carbonyl (C=O) groups is 1. The SMILES string of the molecule is Cc1ccc(CNC(=O)[C@@H](C)N(c2ccc(C)c(Cl)c2)S(C)(=O)=O)cc1. The maximum Gasteiger partial charge on any atom is 0.243 e. The van der Waals surface area contributed by atoms with Gasteiger partial charge < -0.3 is 5.32 Å². The number of anilines is 1. The van der Waals surface area contributed by atoms with Gasteiger partial charge >= 0.3 is 0 Å². The molecule has 7 heteroatoms. The molecule has 5 nitrogen and oxygen atoms in total. The Kier molecular flexibility index (Phi) is 6.31. The molecule has 0 aliphatic heterocycles. The van der Waals surface area contributed by atoms with Gasteiger partial charge in [0.1, 0.15) is 6.04 Å². The van der Waals surface area contributed by atoms with Crippen LogP contribution in [0.2, 0.25) is 5.02 Å². The fourth-order valence-electron chi connectivity index (χ4n) is 2.57. The monoisotopic (exact) mass is 394 g/mol. The van der Waals surface area contributed by atoms with Gasteiger partial charge in [-0.15, -0.1) is 0 Å². The predicted octanol–water partition coefficient (Wildman–Crippen LogP) is 3.43. The van der Waals surface area contributed by atoms with E-state index in [1.54, 1.807) is 25.1 Å². The van der Waals surface area contributed by atoms with Gasteiger partial charge in [0.05, 0.1) is 11.9 Å². The molecule has 0 aromatic heterocycles. The second-order valence-electron chi connectivity index (χ2n) is 6.37. The summed E-state index contributed by atoms with van der Waals surface area (Å²) in [5.41, 5.74) is 3.27. The minimum Gasteiger partial charge on any atom is -0.350 e. The van der Waals surface area contributed by atoms with Gasteiger partial charge in [-0.25, -0.2) is 8.42 Å². The number of rotatable bonds is 6. The number of hydrogen-bond acceptors (Lipinski definition) is 3. The molecule has 0 bridgehead atoms. The van der Waals surface area contributed by atoms with Gasteiger partial charge in [-0.05, 0) is 44.0 Å². The number of carbonyl (C=O) groups excluding carboxylic acids is 1. The lowest BCUT2D eigenvalue weighted by Gasteiger charge is -2.28. The van der Waals surface area contributed by atoms with Crippen LogP contribution in [-0.2, 0) is 21.4 Å². The Bertz CT molecular complexity index is 896. The first-order valence-electron chi connectivity index (χ1n) is 8.18. The van der Waals surface area contributed by atoms with Crippen LogP contribution in [0.15, 0.2) is 42.5 Å². The van der Waals surface area contributed by atoms with E-state index in [-0.39, 0.29) is 5.91 Å². The Morgan fingerprint density at radius 3 is 2.31 bits per heavy atom. The topological polar surface area (TPSA) is 66.5 Å². The van der Waals surface area contributed by atoms with Crippen molar-refractivity contribution in [3.8, 4) is 0 Å². The zero-order valence-corrected chi connectivity index (χ0v) is 16.9. The van der Waals surface area contributed by atoms with Crippen LogP contribution in [0.5, 0.6) is 0 Å². The second-order valence-corrected chi connectivity index (χ2v) is 8.64. The van der Waals surface area contributed by atoms with Gasteiger partial charge in [0, 0.05) is 11.6 Å². The van der Waals surface area contributed by atoms with E-state index >= 15 is 0 Å². The Labute approximate surface area is 160 Å². The van der Waals surface area contributed by atoms with Crippen LogP contribution < -0.4 is 9.62 Å². The molecule has 0 saturated heterocycles. The number of sulfonamides is 1. The lowest BCUT2D eigenvalue weighted by molar-refractivity contribution is -0.122. The smallest absolute Gasteiger partial charge is 0.243 e. The molecule has 0 unspecified atom stereocenters. The zero-order chi connectivity index (χ0) is 19.5. The summed E-state index contributed by atoms with van der Waals surface area (Å²) >= 11 is 6.12. The molecule has 1 N–H and O–H groups in total. The molecule has 1 atom stereocenters. The average Bonchev–Trinajstić information content (AvgIpc) is 2.56. The maximum atomic E-state index is 12.5. The van der Waals surface area contributed by atoms with Crippen LogP contribution in [0.25, 0.3) is 0 Å². The molecule has 0 spiro atoms. The first kappa shape index (κ1) is 20.3. The molecule has 2 aromatic rings. The summed E-state index contributed by atoms with van der Waals surface area (Å²) < 4.78 is 25.7. The van der Waals surface area contributed by atoms with Crippen LogP contribution in [0, 0.1) is 13.8 Å². The zero-order valence-electron chi connectivity index (χ0n) is 15.3. The first-order chi connectivity index (χ1) is 12.1. The molecule has 0 saturated carbocycles. The van der Waals surface area contributed by atoms with E-state index < -0.39 is 16.1 Å². The lowest BCUT2D eigenvalue weighted by atomic mass is 10.1. The predicted molar refractivity (Wildman–Crippen MR) is 106 cm³/mol. The van der Waals surface area contributed by atoms with E-state index in [0.29, 0.717) is 17.3 Å². The summed E-state index contributed by atoms with van der Waals surface area (Å²) in [6.45, 7) is 5.70. The molecule has 2 aromatic carbocycles. The molecule has 0 aliphatic rings. The van der Waals surface area contributed by atoms with Crippen LogP contribution >= 0.6 is 11.6 Å². The van der Waals surface area contributed by atoms with Gasteiger partial charge in [0.2, 0.25) is 15.9 Å². The van der Waals surface area contributed by atoms with E-state index in [0.717, 1.165) is 27.3 Å². The highest BCUT2D eigenvalue weighted by Gasteiger charge is 2.29. The van der Waals surface area contributed by atoms with Crippen molar-refractivity contribution in [2.24, 2.45) is 0 Å². The Morgan fingerprint density at radius 1 is 1.15 bits per heavy atom. The Balaban J connectivity index is 2.20. The molecule has 0 aliphatic carbocycles. The number of halogens is 1. The third-order valence-corrected chi connectivity index (χ3v) is 5.73. The number of amides is 1. The molecule has 0 radical (unpaired) electrons. The molecular weight excluding hydrogens is 372 g/mol. The summed E-state index contributed by atoms with van der Waals surface area (Å²) in [6.07, 6.45) is 1.07. The molecule has 140 valence electrons. The van der Waals surface area contributed by atoms with E-state index in [1.807, 2.05) is 38.1 Å². The Hall–Kier alpha value is -2.05. The summed E-state index contributed by atoms with van der Waals surface area (Å²) in [6, 6.07) is 11.8. The summed E-state index contributed by atoms with van der Waals surface area (Å²) in [5.74, 6) is -0.382. The van der Waals surface area contributed by atoms with Gasteiger partial charge in [-0.3, -0.25) is 9.10 Å². The number of aryl methyl sites for hydroxylation is 2. The van der Waals surface area contributed by atoms with Crippen molar-refractivity contribution in [1.82, 2.24) is 5.32 Å². The van der Waals surface area contributed by atoms with Crippen molar-refractivity contribution in [3.05, 3.63) is 64.2 Å². The van der Waals surface area contributed by atoms with Crippen LogP contribution in [-0.4, -0.2) is 26.6 Å². The third kappa shape index (κ3) is 4.99. The quantitative estimate of drug-likeness (QED) is 0.816. The normalized spacial score (nSPS) is 12.5. The summed E-state index contributed by atoms with van der Waals surface area (Å²) in [4.78, 5) is 12.5. The van der Waals surface area contributed by atoms with Crippen molar-refractivity contribution in [1.29, 1.82) is 0 Å². The molecule has 0 fully saturated rings. The fourth-order valence-corrected chi connectivity index (χ4v) is 3.91. The van der Waals surface area contributed by atoms with E-state index in [1.165, 1.54) is 0 Å². The minimum absolute atomic E-state index is 0.329.